The minimum Gasteiger partial charge on any atom is -0.465 e. The molecule has 1 fully saturated rings. The summed E-state index contributed by atoms with van der Waals surface area (Å²) in [6, 6.07) is 17.2. The van der Waals surface area contributed by atoms with Crippen molar-refractivity contribution in [1.29, 1.82) is 0 Å². The molecule has 0 saturated carbocycles. The SMILES string of the molecule is CC(C)(C)[Si](C)(C)OC(c1ccccc1)[C@H]1CCC(Cc2ccc(NC(=O)Cc3csc(N)n3)cc2)N1C(=O)O. The summed E-state index contributed by atoms with van der Waals surface area (Å²) >= 11 is 1.31. The lowest BCUT2D eigenvalue weighted by molar-refractivity contribution is -0.115. The molecule has 0 radical (unpaired) electrons. The summed E-state index contributed by atoms with van der Waals surface area (Å²) in [5, 5.41) is 15.5. The Balaban J connectivity index is 1.47. The topological polar surface area (TPSA) is 118 Å². The predicted molar refractivity (Wildman–Crippen MR) is 163 cm³/mol. The number of thiazole rings is 1. The lowest BCUT2D eigenvalue weighted by Crippen LogP contribution is -2.49. The Morgan fingerprint density at radius 2 is 1.82 bits per heavy atom. The number of nitrogens with one attached hydrogen (secondary N) is 1. The first-order valence-corrected chi connectivity index (χ1v) is 17.5. The number of aromatic nitrogens is 1. The number of benzene rings is 2. The van der Waals surface area contributed by atoms with Gasteiger partial charge in [-0.25, -0.2) is 9.78 Å². The van der Waals surface area contributed by atoms with Crippen molar-refractivity contribution in [3.63, 3.8) is 0 Å². The van der Waals surface area contributed by atoms with E-state index in [1.165, 1.54) is 11.3 Å². The van der Waals surface area contributed by atoms with Crippen LogP contribution in [-0.2, 0) is 22.1 Å². The summed E-state index contributed by atoms with van der Waals surface area (Å²) in [5.74, 6) is -0.164. The van der Waals surface area contributed by atoms with Crippen LogP contribution >= 0.6 is 11.3 Å². The molecule has 3 aromatic rings. The number of carbonyl (C=O) groups excluding carboxylic acids is 1. The van der Waals surface area contributed by atoms with E-state index in [4.69, 9.17) is 10.2 Å². The average Bonchev–Trinajstić information content (AvgIpc) is 3.49. The molecule has 1 aliphatic rings. The van der Waals surface area contributed by atoms with Crippen LogP contribution in [0.15, 0.2) is 60.0 Å². The number of amides is 2. The molecule has 1 saturated heterocycles. The van der Waals surface area contributed by atoms with Gasteiger partial charge in [0.15, 0.2) is 13.4 Å². The van der Waals surface area contributed by atoms with Gasteiger partial charge in [0, 0.05) is 17.1 Å². The first-order chi connectivity index (χ1) is 18.8. The van der Waals surface area contributed by atoms with E-state index in [0.29, 0.717) is 22.9 Å². The number of carbonyl (C=O) groups is 2. The second kappa shape index (κ2) is 12.1. The first kappa shape index (κ1) is 29.8. The van der Waals surface area contributed by atoms with Crippen LogP contribution in [0.1, 0.15) is 56.5 Å². The second-order valence-corrected chi connectivity index (χ2v) is 17.6. The average molecular weight is 581 g/mol. The number of anilines is 2. The van der Waals surface area contributed by atoms with Crippen molar-refractivity contribution in [1.82, 2.24) is 9.88 Å². The summed E-state index contributed by atoms with van der Waals surface area (Å²) in [6.45, 7) is 11.0. The minimum atomic E-state index is -2.19. The number of nitrogens with zero attached hydrogens (tertiary/aromatic N) is 2. The molecule has 2 aromatic carbocycles. The quantitative estimate of drug-likeness (QED) is 0.242. The van der Waals surface area contributed by atoms with Gasteiger partial charge in [0.25, 0.3) is 0 Å². The maximum absolute atomic E-state index is 12.7. The fraction of sp³-hybridized carbons (Fsp3) is 0.433. The summed E-state index contributed by atoms with van der Waals surface area (Å²) in [6.07, 6.45) is 1.01. The molecule has 1 aromatic heterocycles. The molecule has 4 N–H and O–H groups in total. The smallest absolute Gasteiger partial charge is 0.407 e. The zero-order valence-corrected chi connectivity index (χ0v) is 25.7. The van der Waals surface area contributed by atoms with E-state index < -0.39 is 14.4 Å². The lowest BCUT2D eigenvalue weighted by atomic mass is 10.0. The van der Waals surface area contributed by atoms with Crippen LogP contribution in [0.2, 0.25) is 18.1 Å². The fourth-order valence-corrected chi connectivity index (χ4v) is 6.83. The van der Waals surface area contributed by atoms with Gasteiger partial charge >= 0.3 is 6.09 Å². The number of likely N-dealkylation sites (tertiary alicyclic amines) is 1. The van der Waals surface area contributed by atoms with E-state index in [1.54, 1.807) is 10.3 Å². The minimum absolute atomic E-state index is 0.00314. The van der Waals surface area contributed by atoms with Crippen LogP contribution in [0.3, 0.4) is 0 Å². The van der Waals surface area contributed by atoms with Crippen molar-refractivity contribution in [2.24, 2.45) is 0 Å². The molecule has 0 aliphatic carbocycles. The van der Waals surface area contributed by atoms with E-state index >= 15 is 0 Å². The van der Waals surface area contributed by atoms with E-state index in [1.807, 2.05) is 54.6 Å². The Morgan fingerprint density at radius 1 is 1.15 bits per heavy atom. The van der Waals surface area contributed by atoms with Gasteiger partial charge in [0.05, 0.1) is 24.3 Å². The van der Waals surface area contributed by atoms with Crippen molar-refractivity contribution in [3.8, 4) is 0 Å². The number of hydrogen-bond acceptors (Lipinski definition) is 6. The first-order valence-electron chi connectivity index (χ1n) is 13.7. The normalized spacial score (nSPS) is 18.5. The summed E-state index contributed by atoms with van der Waals surface area (Å²) in [4.78, 5) is 30.8. The van der Waals surface area contributed by atoms with E-state index in [2.05, 4.69) is 44.2 Å². The van der Waals surface area contributed by atoms with Gasteiger partial charge in [-0.1, -0.05) is 63.2 Å². The van der Waals surface area contributed by atoms with Gasteiger partial charge in [-0.2, -0.15) is 0 Å². The molecular formula is C30H40N4O4SSi. The molecule has 0 bridgehead atoms. The van der Waals surface area contributed by atoms with Crippen molar-refractivity contribution < 1.29 is 19.1 Å². The number of carboxylic acid groups (broad SMARTS) is 1. The molecule has 2 amide bonds. The third-order valence-corrected chi connectivity index (χ3v) is 13.3. The second-order valence-electron chi connectivity index (χ2n) is 12.0. The highest BCUT2D eigenvalue weighted by Crippen LogP contribution is 2.44. The summed E-state index contributed by atoms with van der Waals surface area (Å²) in [5.41, 5.74) is 9.01. The molecule has 4 rings (SSSR count). The molecule has 0 spiro atoms. The van der Waals surface area contributed by atoms with Crippen LogP contribution in [0.5, 0.6) is 0 Å². The Bertz CT molecular complexity index is 1310. The Hall–Kier alpha value is -3.21. The molecule has 10 heteroatoms. The molecule has 214 valence electrons. The van der Waals surface area contributed by atoms with Gasteiger partial charge < -0.3 is 20.6 Å². The van der Waals surface area contributed by atoms with Crippen molar-refractivity contribution >= 4 is 42.5 Å². The van der Waals surface area contributed by atoms with Gasteiger partial charge in [0.1, 0.15) is 0 Å². The Morgan fingerprint density at radius 3 is 2.40 bits per heavy atom. The fourth-order valence-electron chi connectivity index (χ4n) is 4.98. The highest BCUT2D eigenvalue weighted by Gasteiger charge is 2.46. The van der Waals surface area contributed by atoms with Crippen LogP contribution in [0, 0.1) is 0 Å². The highest BCUT2D eigenvalue weighted by molar-refractivity contribution is 7.13. The maximum atomic E-state index is 12.7. The van der Waals surface area contributed by atoms with Gasteiger partial charge in [-0.05, 0) is 60.7 Å². The van der Waals surface area contributed by atoms with E-state index in [0.717, 1.165) is 24.0 Å². The molecule has 40 heavy (non-hydrogen) atoms. The molecule has 1 aliphatic heterocycles. The standard InChI is InChI=1S/C30H40N4O4SSi/c1-30(2,3)40(4,5)38-27(21-9-7-6-8-10-21)25-16-15-24(34(25)29(36)37)17-20-11-13-22(14-12-20)32-26(35)18-23-19-39-28(31)33-23/h6-14,19,24-25,27H,15-18H2,1-5H3,(H2,31,33)(H,32,35)(H,36,37)/t24?,25-,27?/m1/s1. The molecule has 3 atom stereocenters. The predicted octanol–water partition coefficient (Wildman–Crippen LogP) is 6.72. The Kier molecular flexibility index (Phi) is 9.01. The molecule has 2 heterocycles. The van der Waals surface area contributed by atoms with Gasteiger partial charge in [-0.3, -0.25) is 9.69 Å². The molecule has 2 unspecified atom stereocenters. The summed E-state index contributed by atoms with van der Waals surface area (Å²) < 4.78 is 6.93. The molecular weight excluding hydrogens is 541 g/mol. The summed E-state index contributed by atoms with van der Waals surface area (Å²) in [7, 11) is -2.19. The number of nitrogens with two attached hydrogens (primary N) is 1. The van der Waals surface area contributed by atoms with Crippen LogP contribution in [0.25, 0.3) is 0 Å². The number of nitrogen functional groups attached to an aromatic ring is 1. The van der Waals surface area contributed by atoms with E-state index in [-0.39, 0.29) is 35.6 Å². The largest absolute Gasteiger partial charge is 0.465 e. The van der Waals surface area contributed by atoms with Crippen LogP contribution in [0.4, 0.5) is 15.6 Å². The van der Waals surface area contributed by atoms with Crippen molar-refractivity contribution in [2.75, 3.05) is 11.1 Å². The zero-order chi connectivity index (χ0) is 29.1. The van der Waals surface area contributed by atoms with Crippen LogP contribution in [-0.4, -0.2) is 47.4 Å². The maximum Gasteiger partial charge on any atom is 0.407 e. The van der Waals surface area contributed by atoms with E-state index in [9.17, 15) is 14.7 Å². The molecule has 8 nitrogen and oxygen atoms in total. The van der Waals surface area contributed by atoms with Gasteiger partial charge in [0.2, 0.25) is 5.91 Å². The van der Waals surface area contributed by atoms with Crippen LogP contribution < -0.4 is 11.1 Å². The number of hydrogen-bond donors (Lipinski definition) is 3. The highest BCUT2D eigenvalue weighted by atomic mass is 32.1. The van der Waals surface area contributed by atoms with Gasteiger partial charge in [-0.15, -0.1) is 11.3 Å². The third-order valence-electron chi connectivity index (χ3n) is 8.09. The lowest BCUT2D eigenvalue weighted by Gasteiger charge is -2.42. The number of rotatable bonds is 9. The monoisotopic (exact) mass is 580 g/mol. The van der Waals surface area contributed by atoms with Crippen molar-refractivity contribution in [2.45, 2.75) is 82.8 Å². The zero-order valence-electron chi connectivity index (χ0n) is 23.9. The Labute approximate surface area is 241 Å². The third kappa shape index (κ3) is 7.10. The van der Waals surface area contributed by atoms with Crippen molar-refractivity contribution in [3.05, 3.63) is 76.8 Å².